The standard InChI is InChI=1S/C2H8O7P2.Ca.2H/c1-2(3,10(4,5)6)11(7,8)9;;;/h3H,1H3,(H2,4,5,6)(H2,7,8,9);;;. The van der Waals surface area contributed by atoms with Gasteiger partial charge in [0.15, 0.2) is 0 Å². The van der Waals surface area contributed by atoms with Crippen LogP contribution < -0.4 is 0 Å². The molecule has 0 amide bonds. The summed E-state index contributed by atoms with van der Waals surface area (Å²) in [5.74, 6) is 0. The quantitative estimate of drug-likeness (QED) is 0.284. The summed E-state index contributed by atoms with van der Waals surface area (Å²) >= 11 is 0. The van der Waals surface area contributed by atoms with E-state index in [0.29, 0.717) is 6.92 Å². The van der Waals surface area contributed by atoms with Crippen LogP contribution >= 0.6 is 15.2 Å². The molecule has 7 nitrogen and oxygen atoms in total. The zero-order valence-corrected chi connectivity index (χ0v) is 7.24. The monoisotopic (exact) mass is 248 g/mol. The Morgan fingerprint density at radius 3 is 1.17 bits per heavy atom. The van der Waals surface area contributed by atoms with E-state index in [0.717, 1.165) is 0 Å². The Balaban J connectivity index is 0. The summed E-state index contributed by atoms with van der Waals surface area (Å²) in [6.07, 6.45) is 0. The van der Waals surface area contributed by atoms with Gasteiger partial charge in [0, 0.05) is 0 Å². The van der Waals surface area contributed by atoms with Crippen molar-refractivity contribution in [2.75, 3.05) is 0 Å². The first-order chi connectivity index (χ1) is 4.50. The van der Waals surface area contributed by atoms with Gasteiger partial charge in [-0.05, 0) is 6.92 Å². The summed E-state index contributed by atoms with van der Waals surface area (Å²) in [6.45, 7) is 0.383. The first kappa shape index (κ1) is 16.0. The number of hydrogen-bond acceptors (Lipinski definition) is 3. The van der Waals surface area contributed by atoms with Crippen LogP contribution in [0.1, 0.15) is 6.92 Å². The molecule has 5 N–H and O–H groups in total. The maximum absolute atomic E-state index is 10.3. The SMILES string of the molecule is CC(O)(P(=O)(O)O)P(=O)(O)O.[CaH2]. The Kier molecular flexibility index (Phi) is 5.80. The average molecular weight is 248 g/mol. The minimum absolute atomic E-state index is 0. The van der Waals surface area contributed by atoms with Crippen LogP contribution in [0.2, 0.25) is 0 Å². The molecule has 0 saturated heterocycles. The molecule has 0 aromatic carbocycles. The molecule has 0 aromatic heterocycles. The van der Waals surface area contributed by atoms with Crippen molar-refractivity contribution >= 4 is 52.9 Å². The van der Waals surface area contributed by atoms with E-state index in [1.54, 1.807) is 0 Å². The molecule has 0 aromatic rings. The second kappa shape index (κ2) is 4.36. The third-order valence-electron chi connectivity index (χ3n) is 1.10. The third-order valence-corrected chi connectivity index (χ3v) is 4.87. The van der Waals surface area contributed by atoms with Crippen molar-refractivity contribution in [3.8, 4) is 0 Å². The van der Waals surface area contributed by atoms with E-state index < -0.39 is 20.3 Å². The Morgan fingerprint density at radius 1 is 1.00 bits per heavy atom. The summed E-state index contributed by atoms with van der Waals surface area (Å²) in [7, 11) is -10.4. The fourth-order valence-electron chi connectivity index (χ4n) is 0.170. The summed E-state index contributed by atoms with van der Waals surface area (Å²) in [5.41, 5.74) is 0. The molecule has 0 rings (SSSR count). The number of aliphatic hydroxyl groups is 1. The molecular weight excluding hydrogens is 238 g/mol. The zero-order valence-electron chi connectivity index (χ0n) is 5.45. The normalized spacial score (nSPS) is 13.8. The molecule has 72 valence electrons. The second-order valence-electron chi connectivity index (χ2n) is 2.06. The molecule has 0 fully saturated rings. The molecule has 0 saturated carbocycles. The molecule has 0 heterocycles. The molecule has 0 spiro atoms. The predicted octanol–water partition coefficient (Wildman–Crippen LogP) is -1.91. The van der Waals surface area contributed by atoms with E-state index in [-0.39, 0.29) is 37.7 Å². The van der Waals surface area contributed by atoms with E-state index >= 15 is 0 Å². The van der Waals surface area contributed by atoms with Gasteiger partial charge in [-0.25, -0.2) is 0 Å². The Bertz CT molecular complexity index is 212. The zero-order chi connectivity index (χ0) is 9.50. The van der Waals surface area contributed by atoms with Gasteiger partial charge >= 0.3 is 52.9 Å². The third kappa shape index (κ3) is 3.35. The Hall–Kier alpha value is 1.52. The molecule has 10 heteroatoms. The van der Waals surface area contributed by atoms with Crippen molar-refractivity contribution in [2.45, 2.75) is 12.0 Å². The molecule has 0 aliphatic rings. The average Bonchev–Trinajstić information content (AvgIpc) is 1.58. The van der Waals surface area contributed by atoms with Gasteiger partial charge in [0.1, 0.15) is 0 Å². The van der Waals surface area contributed by atoms with Gasteiger partial charge in [0.25, 0.3) is 5.08 Å². The van der Waals surface area contributed by atoms with E-state index in [2.05, 4.69) is 0 Å². The van der Waals surface area contributed by atoms with Crippen LogP contribution in [0.5, 0.6) is 0 Å². The van der Waals surface area contributed by atoms with E-state index in [4.69, 9.17) is 24.7 Å². The fourth-order valence-corrected chi connectivity index (χ4v) is 1.53. The topological polar surface area (TPSA) is 135 Å². The molecule has 12 heavy (non-hydrogen) atoms. The molecule has 0 aliphatic carbocycles. The predicted molar refractivity (Wildman–Crippen MR) is 43.3 cm³/mol. The van der Waals surface area contributed by atoms with Crippen LogP contribution in [0.4, 0.5) is 0 Å². The van der Waals surface area contributed by atoms with Crippen LogP contribution in [0.25, 0.3) is 0 Å². The summed E-state index contributed by atoms with van der Waals surface area (Å²) in [4.78, 5) is 33.0. The van der Waals surface area contributed by atoms with Gasteiger partial charge in [-0.1, -0.05) is 0 Å². The Labute approximate surface area is 98.1 Å². The van der Waals surface area contributed by atoms with Crippen molar-refractivity contribution in [3.63, 3.8) is 0 Å². The molecule has 0 atom stereocenters. The van der Waals surface area contributed by atoms with Crippen molar-refractivity contribution in [1.82, 2.24) is 0 Å². The van der Waals surface area contributed by atoms with E-state index in [9.17, 15) is 9.13 Å². The summed E-state index contributed by atoms with van der Waals surface area (Å²) in [6, 6.07) is 0. The van der Waals surface area contributed by atoms with Crippen LogP contribution in [0.15, 0.2) is 0 Å². The van der Waals surface area contributed by atoms with E-state index in [1.807, 2.05) is 0 Å². The van der Waals surface area contributed by atoms with Gasteiger partial charge < -0.3 is 24.7 Å². The van der Waals surface area contributed by atoms with Gasteiger partial charge in [0.2, 0.25) is 0 Å². The van der Waals surface area contributed by atoms with Gasteiger partial charge in [0.05, 0.1) is 0 Å². The molecule has 0 radical (unpaired) electrons. The van der Waals surface area contributed by atoms with Crippen molar-refractivity contribution in [1.29, 1.82) is 0 Å². The minimum atomic E-state index is -5.20. The van der Waals surface area contributed by atoms with Crippen molar-refractivity contribution < 1.29 is 33.8 Å². The van der Waals surface area contributed by atoms with Crippen molar-refractivity contribution in [3.05, 3.63) is 0 Å². The maximum atomic E-state index is 10.3. The summed E-state index contributed by atoms with van der Waals surface area (Å²) in [5, 5.41) is 5.37. The Morgan fingerprint density at radius 2 is 1.17 bits per heavy atom. The van der Waals surface area contributed by atoms with Gasteiger partial charge in [-0.2, -0.15) is 0 Å². The molecular formula is C2H10CaO7P2. The molecule has 0 bridgehead atoms. The number of rotatable bonds is 2. The number of hydrogen-bond donors (Lipinski definition) is 5. The van der Waals surface area contributed by atoms with Crippen molar-refractivity contribution in [2.24, 2.45) is 0 Å². The van der Waals surface area contributed by atoms with E-state index in [1.165, 1.54) is 0 Å². The summed E-state index contributed by atoms with van der Waals surface area (Å²) < 4.78 is 20.5. The van der Waals surface area contributed by atoms with Crippen LogP contribution in [-0.2, 0) is 9.13 Å². The van der Waals surface area contributed by atoms with Crippen LogP contribution in [-0.4, -0.2) is 67.5 Å². The van der Waals surface area contributed by atoms with Gasteiger partial charge in [-0.3, -0.25) is 9.13 Å². The van der Waals surface area contributed by atoms with Crippen LogP contribution in [0, 0.1) is 0 Å². The fraction of sp³-hybridized carbons (Fsp3) is 1.00. The first-order valence-corrected chi connectivity index (χ1v) is 5.56. The van der Waals surface area contributed by atoms with Crippen LogP contribution in [0.3, 0.4) is 0 Å². The first-order valence-electron chi connectivity index (χ1n) is 2.34. The molecule has 0 aliphatic heterocycles. The second-order valence-corrected chi connectivity index (χ2v) is 6.33. The van der Waals surface area contributed by atoms with Gasteiger partial charge in [-0.15, -0.1) is 0 Å². The molecule has 0 unspecified atom stereocenters.